The fourth-order valence-corrected chi connectivity index (χ4v) is 0. The Balaban J connectivity index is 2.55. The quantitative estimate of drug-likeness (QED) is 0.385. The van der Waals surface area contributed by atoms with Crippen LogP contribution in [0.2, 0.25) is 0 Å². The van der Waals surface area contributed by atoms with Crippen LogP contribution in [0.4, 0.5) is 0 Å². The normalized spacial score (nSPS) is 11.5. The zero-order valence-corrected chi connectivity index (χ0v) is 5.53. The Labute approximate surface area is 39.3 Å². The zero-order valence-electron chi connectivity index (χ0n) is 1.89. The van der Waals surface area contributed by atoms with Crippen molar-refractivity contribution in [2.45, 2.75) is 0 Å². The van der Waals surface area contributed by atoms with E-state index in [-0.39, 0.29) is 15.7 Å². The summed E-state index contributed by atoms with van der Waals surface area (Å²) in [4.78, 5) is 0. The molecule has 0 amide bonds. The molecule has 4 heavy (non-hydrogen) atoms. The molecule has 0 fully saturated rings. The van der Waals surface area contributed by atoms with E-state index in [0.717, 1.165) is 0 Å². The van der Waals surface area contributed by atoms with Crippen molar-refractivity contribution in [1.82, 2.24) is 0 Å². The van der Waals surface area contributed by atoms with Gasteiger partial charge in [-0.1, -0.05) is 0 Å². The van der Waals surface area contributed by atoms with Crippen molar-refractivity contribution in [3.05, 3.63) is 0 Å². The minimum absolute atomic E-state index is 0.0496. The molecule has 0 spiro atoms. The van der Waals surface area contributed by atoms with E-state index in [1.54, 1.807) is 0 Å². The molecule has 0 bridgehead atoms. The molecule has 1 atom stereocenters. The van der Waals surface area contributed by atoms with Gasteiger partial charge in [0.1, 0.15) is 0 Å². The molecule has 0 nitrogen and oxygen atoms in total. The number of hydrogen-bond acceptors (Lipinski definition) is 0. The van der Waals surface area contributed by atoms with Crippen LogP contribution in [0.1, 0.15) is 0 Å². The molecule has 0 saturated heterocycles. The molecule has 0 rings (SSSR count). The Kier molecular flexibility index (Phi) is 5.49. The monoisotopic (exact) mass is 183 g/mol. The van der Waals surface area contributed by atoms with Gasteiger partial charge < -0.3 is 0 Å². The molecule has 0 aliphatic rings. The second-order valence-corrected chi connectivity index (χ2v) is 3.46. The van der Waals surface area contributed by atoms with Gasteiger partial charge in [0.05, 0.1) is 0 Å². The maximum absolute atomic E-state index is 5.20. The van der Waals surface area contributed by atoms with Gasteiger partial charge in [-0.15, -0.1) is 0 Å². The van der Waals surface area contributed by atoms with E-state index in [9.17, 15) is 0 Å². The van der Waals surface area contributed by atoms with E-state index in [2.05, 4.69) is 9.24 Å². The third-order valence-electron chi connectivity index (χ3n) is 0.0445. The molecule has 1 unspecified atom stereocenters. The number of rotatable bonds is 0. The summed E-state index contributed by atoms with van der Waals surface area (Å²) in [6.07, 6.45) is 0. The topological polar surface area (TPSA) is 0 Å². The summed E-state index contributed by atoms with van der Waals surface area (Å²) in [6, 6.07) is 0. The van der Waals surface area contributed by atoms with E-state index < -0.39 is 0 Å². The van der Waals surface area contributed by atoms with Gasteiger partial charge in [-0.3, -0.25) is 0 Å². The van der Waals surface area contributed by atoms with E-state index in [1.165, 1.54) is 0 Å². The summed E-state index contributed by atoms with van der Waals surface area (Å²) in [5, 5.41) is 0. The number of halogens is 1. The molecule has 0 aromatic rings. The minimum atomic E-state index is 0.0496. The van der Waals surface area contributed by atoms with Crippen LogP contribution in [0.3, 0.4) is 0 Å². The molecular formula is CH3ClPRu. The zero-order chi connectivity index (χ0) is 3.41. The van der Waals surface area contributed by atoms with Gasteiger partial charge in [-0.25, -0.2) is 0 Å². The summed E-state index contributed by atoms with van der Waals surface area (Å²) in [5.41, 5.74) is 0. The van der Waals surface area contributed by atoms with Gasteiger partial charge >= 0.3 is 39.0 Å². The van der Waals surface area contributed by atoms with Crippen LogP contribution in [0, 0.1) is 0 Å². The fourth-order valence-electron chi connectivity index (χ4n) is 0. The van der Waals surface area contributed by atoms with Gasteiger partial charge in [0, 0.05) is 0 Å². The first kappa shape index (κ1) is 5.21. The van der Waals surface area contributed by atoms with Crippen LogP contribution in [0.25, 0.3) is 0 Å². The average molecular weight is 183 g/mol. The van der Waals surface area contributed by atoms with Crippen LogP contribution in [0.15, 0.2) is 0 Å². The van der Waals surface area contributed by atoms with Gasteiger partial charge in [-0.2, -0.15) is 0 Å². The van der Waals surface area contributed by atoms with Crippen LogP contribution in [-0.4, -0.2) is 4.35 Å². The van der Waals surface area contributed by atoms with Crippen LogP contribution >= 0.6 is 18.9 Å². The summed E-state index contributed by atoms with van der Waals surface area (Å²) >= 11 is 0.0496. The number of hydrogen-bond donors (Lipinski definition) is 0. The SMILES string of the molecule is P[CH]=[Ru][Cl]. The van der Waals surface area contributed by atoms with Crippen molar-refractivity contribution in [2.75, 3.05) is 0 Å². The molecule has 3 heteroatoms. The van der Waals surface area contributed by atoms with Crippen molar-refractivity contribution in [3.63, 3.8) is 0 Å². The van der Waals surface area contributed by atoms with Crippen molar-refractivity contribution in [2.24, 2.45) is 0 Å². The summed E-state index contributed by atoms with van der Waals surface area (Å²) in [7, 11) is 7.64. The van der Waals surface area contributed by atoms with Crippen LogP contribution in [0.5, 0.6) is 0 Å². The standard InChI is InChI=1S/CH3P.ClH.Ru/c1-2;;/h1H,2H2;1H;/q;;+1/p-1. The average Bonchev–Trinajstić information content (AvgIpc) is 1.37. The first-order chi connectivity index (χ1) is 1.91. The molecule has 0 aliphatic heterocycles. The molecule has 0 radical (unpaired) electrons. The molecular weight excluding hydrogens is 180 g/mol. The molecule has 0 aromatic heterocycles. The fraction of sp³-hybridized carbons (Fsp3) is 0. The Morgan fingerprint density at radius 2 is 2.25 bits per heavy atom. The molecule has 27 valence electrons. The molecule has 0 saturated carbocycles. The van der Waals surface area contributed by atoms with Crippen molar-refractivity contribution >= 4 is 23.3 Å². The van der Waals surface area contributed by atoms with Crippen LogP contribution in [-0.2, 0) is 15.7 Å². The third-order valence-corrected chi connectivity index (χ3v) is 2.37. The van der Waals surface area contributed by atoms with Gasteiger partial charge in [0.25, 0.3) is 0 Å². The second kappa shape index (κ2) is 4.21. The van der Waals surface area contributed by atoms with E-state index in [4.69, 9.17) is 9.69 Å². The summed E-state index contributed by atoms with van der Waals surface area (Å²) in [5.74, 6) is 0. The van der Waals surface area contributed by atoms with Gasteiger partial charge in [0.2, 0.25) is 0 Å². The Morgan fingerprint density at radius 1 is 2.00 bits per heavy atom. The Bertz CT molecular complexity index is 23.2. The molecule has 0 aromatic carbocycles. The predicted octanol–water partition coefficient (Wildman–Crippen LogP) is 0.857. The molecule has 0 aliphatic carbocycles. The van der Waals surface area contributed by atoms with E-state index in [1.807, 2.05) is 4.35 Å². The van der Waals surface area contributed by atoms with Crippen molar-refractivity contribution < 1.29 is 15.7 Å². The molecule has 0 heterocycles. The van der Waals surface area contributed by atoms with E-state index in [0.29, 0.717) is 0 Å². The summed E-state index contributed by atoms with van der Waals surface area (Å²) in [6.45, 7) is 0. The Morgan fingerprint density at radius 3 is 2.25 bits per heavy atom. The first-order valence-electron chi connectivity index (χ1n) is 0.671. The van der Waals surface area contributed by atoms with E-state index >= 15 is 0 Å². The molecule has 0 N–H and O–H groups in total. The first-order valence-corrected chi connectivity index (χ1v) is 4.58. The van der Waals surface area contributed by atoms with Gasteiger partial charge in [-0.05, 0) is 0 Å². The predicted molar refractivity (Wildman–Crippen MR) is 21.6 cm³/mol. The summed E-state index contributed by atoms with van der Waals surface area (Å²) < 4.78 is 1.90. The maximum atomic E-state index is 5.20. The van der Waals surface area contributed by atoms with Crippen molar-refractivity contribution in [1.29, 1.82) is 0 Å². The third kappa shape index (κ3) is 3.21. The van der Waals surface area contributed by atoms with Crippen molar-refractivity contribution in [3.8, 4) is 0 Å². The Hall–Kier alpha value is 1.21. The van der Waals surface area contributed by atoms with Crippen LogP contribution < -0.4 is 0 Å². The second-order valence-electron chi connectivity index (χ2n) is 0.195. The van der Waals surface area contributed by atoms with Gasteiger partial charge in [0.15, 0.2) is 0 Å².